The maximum absolute atomic E-state index is 13.6. The van der Waals surface area contributed by atoms with Gasteiger partial charge in [-0.2, -0.15) is 0 Å². The molecule has 0 radical (unpaired) electrons. The van der Waals surface area contributed by atoms with Crippen molar-refractivity contribution in [1.82, 2.24) is 5.32 Å². The van der Waals surface area contributed by atoms with Crippen molar-refractivity contribution in [2.75, 3.05) is 12.8 Å². The fourth-order valence-corrected chi connectivity index (χ4v) is 3.18. The first-order valence-electron chi connectivity index (χ1n) is 6.48. The summed E-state index contributed by atoms with van der Waals surface area (Å²) in [5.41, 5.74) is 1.11. The van der Waals surface area contributed by atoms with Crippen LogP contribution in [0.4, 0.5) is 4.39 Å². The Balaban J connectivity index is 1.96. The average Bonchev–Trinajstić information content (AvgIpc) is 2.47. The van der Waals surface area contributed by atoms with Crippen molar-refractivity contribution in [1.29, 1.82) is 0 Å². The third kappa shape index (κ3) is 4.23. The highest BCUT2D eigenvalue weighted by atomic mass is 35.5. The smallest absolute Gasteiger partial charge is 0.136 e. The van der Waals surface area contributed by atoms with E-state index in [9.17, 15) is 4.39 Å². The maximum Gasteiger partial charge on any atom is 0.136 e. The highest BCUT2D eigenvalue weighted by Crippen LogP contribution is 2.24. The van der Waals surface area contributed by atoms with Crippen LogP contribution in [-0.2, 0) is 6.42 Å². The van der Waals surface area contributed by atoms with E-state index in [0.29, 0.717) is 4.90 Å². The molecule has 1 nitrogen and oxygen atoms in total. The van der Waals surface area contributed by atoms with Crippen molar-refractivity contribution < 1.29 is 4.39 Å². The second-order valence-corrected chi connectivity index (χ2v) is 5.99. The molecule has 0 saturated carbocycles. The summed E-state index contributed by atoms with van der Waals surface area (Å²) in [7, 11) is 1.92. The Bertz CT molecular complexity index is 562. The first kappa shape index (κ1) is 15.4. The zero-order valence-electron chi connectivity index (χ0n) is 11.3. The van der Waals surface area contributed by atoms with Gasteiger partial charge >= 0.3 is 0 Å². The van der Waals surface area contributed by atoms with Gasteiger partial charge in [-0.3, -0.25) is 0 Å². The molecule has 0 amide bonds. The second-order valence-electron chi connectivity index (χ2n) is 4.52. The fraction of sp³-hybridized carbons (Fsp3) is 0.250. The van der Waals surface area contributed by atoms with Crippen molar-refractivity contribution in [2.45, 2.75) is 17.4 Å². The van der Waals surface area contributed by atoms with Crippen LogP contribution in [0.2, 0.25) is 5.02 Å². The largest absolute Gasteiger partial charge is 0.316 e. The molecule has 0 spiro atoms. The molecule has 20 heavy (non-hydrogen) atoms. The van der Waals surface area contributed by atoms with Crippen molar-refractivity contribution in [3.63, 3.8) is 0 Å². The lowest BCUT2D eigenvalue weighted by Gasteiger charge is -2.16. The quantitative estimate of drug-likeness (QED) is 0.794. The summed E-state index contributed by atoms with van der Waals surface area (Å²) in [4.78, 5) is 0.687. The molecular formula is C16H17ClFNS. The number of benzene rings is 2. The molecule has 4 heteroatoms. The summed E-state index contributed by atoms with van der Waals surface area (Å²) in [6.07, 6.45) is 0.831. The SMILES string of the molecule is CNC(CSc1ccccc1F)Cc1ccccc1Cl. The van der Waals surface area contributed by atoms with Crippen molar-refractivity contribution >= 4 is 23.4 Å². The lowest BCUT2D eigenvalue weighted by Crippen LogP contribution is -2.30. The molecule has 1 N–H and O–H groups in total. The van der Waals surface area contributed by atoms with Gasteiger partial charge in [-0.05, 0) is 37.2 Å². The molecule has 1 unspecified atom stereocenters. The Morgan fingerprint density at radius 1 is 1.15 bits per heavy atom. The molecule has 0 saturated heterocycles. The van der Waals surface area contributed by atoms with Crippen molar-refractivity contribution in [2.24, 2.45) is 0 Å². The first-order valence-corrected chi connectivity index (χ1v) is 7.85. The van der Waals surface area contributed by atoms with Gasteiger partial charge < -0.3 is 5.32 Å². The minimum Gasteiger partial charge on any atom is -0.316 e. The zero-order valence-corrected chi connectivity index (χ0v) is 12.8. The molecule has 0 aromatic heterocycles. The highest BCUT2D eigenvalue weighted by Gasteiger charge is 2.11. The molecule has 0 bridgehead atoms. The highest BCUT2D eigenvalue weighted by molar-refractivity contribution is 7.99. The first-order chi connectivity index (χ1) is 9.70. The van der Waals surface area contributed by atoms with Gasteiger partial charge in [0.1, 0.15) is 5.82 Å². The number of hydrogen-bond acceptors (Lipinski definition) is 2. The van der Waals surface area contributed by atoms with E-state index < -0.39 is 0 Å². The van der Waals surface area contributed by atoms with E-state index in [2.05, 4.69) is 5.32 Å². The van der Waals surface area contributed by atoms with E-state index in [1.807, 2.05) is 43.4 Å². The Morgan fingerprint density at radius 2 is 1.85 bits per heavy atom. The third-order valence-corrected chi connectivity index (χ3v) is 4.69. The number of thioether (sulfide) groups is 1. The van der Waals surface area contributed by atoms with Crippen molar-refractivity contribution in [3.8, 4) is 0 Å². The molecular weight excluding hydrogens is 293 g/mol. The normalized spacial score (nSPS) is 12.3. The van der Waals surface area contributed by atoms with Gasteiger partial charge in [0.25, 0.3) is 0 Å². The molecule has 2 aromatic rings. The van der Waals surface area contributed by atoms with E-state index in [1.54, 1.807) is 6.07 Å². The van der Waals surface area contributed by atoms with Crippen LogP contribution in [0.1, 0.15) is 5.56 Å². The minimum absolute atomic E-state index is 0.162. The minimum atomic E-state index is -0.162. The van der Waals surface area contributed by atoms with Crippen LogP contribution < -0.4 is 5.32 Å². The summed E-state index contributed by atoms with van der Waals surface area (Å²) in [5.74, 6) is 0.632. The molecule has 0 heterocycles. The topological polar surface area (TPSA) is 12.0 Å². The van der Waals surface area contributed by atoms with Gasteiger partial charge in [0.15, 0.2) is 0 Å². The van der Waals surface area contributed by atoms with Crippen molar-refractivity contribution in [3.05, 3.63) is 64.9 Å². The Hall–Kier alpha value is -1.03. The summed E-state index contributed by atoms with van der Waals surface area (Å²) in [6.45, 7) is 0. The van der Waals surface area contributed by atoms with Gasteiger partial charge in [-0.25, -0.2) is 4.39 Å². The van der Waals surface area contributed by atoms with Crippen LogP contribution >= 0.6 is 23.4 Å². The van der Waals surface area contributed by atoms with Gasteiger partial charge in [0.05, 0.1) is 0 Å². The van der Waals surface area contributed by atoms with Crippen LogP contribution in [0.5, 0.6) is 0 Å². The number of nitrogens with one attached hydrogen (secondary N) is 1. The lowest BCUT2D eigenvalue weighted by atomic mass is 10.1. The monoisotopic (exact) mass is 309 g/mol. The summed E-state index contributed by atoms with van der Waals surface area (Å²) < 4.78 is 13.6. The third-order valence-electron chi connectivity index (χ3n) is 3.11. The lowest BCUT2D eigenvalue weighted by molar-refractivity contribution is 0.598. The van der Waals surface area contributed by atoms with Gasteiger partial charge in [0, 0.05) is 21.7 Å². The molecule has 0 aliphatic rings. The molecule has 0 aliphatic heterocycles. The molecule has 0 aliphatic carbocycles. The van der Waals surface area contributed by atoms with Crippen LogP contribution in [0, 0.1) is 5.82 Å². The Labute approximate surface area is 128 Å². The maximum atomic E-state index is 13.6. The molecule has 1 atom stereocenters. The summed E-state index contributed by atoms with van der Waals surface area (Å²) >= 11 is 7.70. The van der Waals surface area contributed by atoms with E-state index in [0.717, 1.165) is 22.8 Å². The average molecular weight is 310 g/mol. The van der Waals surface area contributed by atoms with E-state index >= 15 is 0 Å². The molecule has 2 rings (SSSR count). The summed E-state index contributed by atoms with van der Waals surface area (Å²) in [6, 6.07) is 14.9. The van der Waals surface area contributed by atoms with Gasteiger partial charge in [0.2, 0.25) is 0 Å². The molecule has 2 aromatic carbocycles. The summed E-state index contributed by atoms with van der Waals surface area (Å²) in [5, 5.41) is 4.05. The van der Waals surface area contributed by atoms with Crippen LogP contribution in [0.25, 0.3) is 0 Å². The van der Waals surface area contributed by atoms with E-state index in [-0.39, 0.29) is 11.9 Å². The molecule has 0 fully saturated rings. The van der Waals surface area contributed by atoms with Crippen LogP contribution in [0.15, 0.2) is 53.4 Å². The zero-order chi connectivity index (χ0) is 14.4. The van der Waals surface area contributed by atoms with Gasteiger partial charge in [-0.15, -0.1) is 11.8 Å². The van der Waals surface area contributed by atoms with Gasteiger partial charge in [-0.1, -0.05) is 41.9 Å². The number of likely N-dealkylation sites (N-methyl/N-ethyl adjacent to an activating group) is 1. The predicted octanol–water partition coefficient (Wildman–Crippen LogP) is 4.40. The van der Waals surface area contributed by atoms with Crippen LogP contribution in [-0.4, -0.2) is 18.8 Å². The predicted molar refractivity (Wildman–Crippen MR) is 85.1 cm³/mol. The fourth-order valence-electron chi connectivity index (χ4n) is 1.93. The Kier molecular flexibility index (Phi) is 5.89. The number of halogens is 2. The van der Waals surface area contributed by atoms with E-state index in [1.165, 1.54) is 17.8 Å². The molecule has 106 valence electrons. The standard InChI is InChI=1S/C16H17ClFNS/c1-19-13(10-12-6-2-3-7-14(12)17)11-20-16-9-5-4-8-15(16)18/h2-9,13,19H,10-11H2,1H3. The second kappa shape index (κ2) is 7.67. The number of rotatable bonds is 6. The Morgan fingerprint density at radius 3 is 2.55 bits per heavy atom. The van der Waals surface area contributed by atoms with Crippen LogP contribution in [0.3, 0.4) is 0 Å². The number of hydrogen-bond donors (Lipinski definition) is 1. The van der Waals surface area contributed by atoms with E-state index in [4.69, 9.17) is 11.6 Å².